The van der Waals surface area contributed by atoms with E-state index in [0.29, 0.717) is 13.0 Å². The molecule has 0 aliphatic carbocycles. The highest BCUT2D eigenvalue weighted by molar-refractivity contribution is 5.71. The zero-order valence-corrected chi connectivity index (χ0v) is 9.35. The summed E-state index contributed by atoms with van der Waals surface area (Å²) < 4.78 is 5.37. The van der Waals surface area contributed by atoms with Crippen LogP contribution in [0.15, 0.2) is 0 Å². The highest BCUT2D eigenvalue weighted by atomic mass is 16.5. The molecule has 1 saturated heterocycles. The van der Waals surface area contributed by atoms with Gasteiger partial charge in [0.25, 0.3) is 0 Å². The second kappa shape index (κ2) is 5.47. The van der Waals surface area contributed by atoms with Gasteiger partial charge in [-0.1, -0.05) is 26.7 Å². The van der Waals surface area contributed by atoms with E-state index in [1.807, 2.05) is 13.8 Å². The predicted octanol–water partition coefficient (Wildman–Crippen LogP) is 1.27. The van der Waals surface area contributed by atoms with Crippen molar-refractivity contribution in [2.75, 3.05) is 6.61 Å². The molecule has 1 aliphatic rings. The Kier molecular flexibility index (Phi) is 4.54. The van der Waals surface area contributed by atoms with E-state index in [9.17, 15) is 9.90 Å². The number of carboxylic acid groups (broad SMARTS) is 1. The van der Waals surface area contributed by atoms with E-state index >= 15 is 0 Å². The molecule has 1 fully saturated rings. The normalized spacial score (nSPS) is 32.9. The second-order valence-electron chi connectivity index (χ2n) is 4.35. The molecule has 0 radical (unpaired) electrons. The van der Waals surface area contributed by atoms with E-state index in [4.69, 9.17) is 9.84 Å². The van der Waals surface area contributed by atoms with Crippen LogP contribution >= 0.6 is 0 Å². The molecule has 2 N–H and O–H groups in total. The van der Waals surface area contributed by atoms with Crippen molar-refractivity contribution in [2.45, 2.75) is 45.3 Å². The van der Waals surface area contributed by atoms with Crippen LogP contribution in [0, 0.1) is 11.8 Å². The second-order valence-corrected chi connectivity index (χ2v) is 4.35. The monoisotopic (exact) mass is 216 g/mol. The lowest BCUT2D eigenvalue weighted by atomic mass is 9.88. The summed E-state index contributed by atoms with van der Waals surface area (Å²) in [4.78, 5) is 11.0. The number of rotatable bonds is 5. The SMILES string of the molecule is CCCCC(O)[C@H]1OC[C@H](C)[C@H]1C(=O)O. The number of aliphatic hydroxyl groups excluding tert-OH is 1. The van der Waals surface area contributed by atoms with Gasteiger partial charge in [-0.2, -0.15) is 0 Å². The van der Waals surface area contributed by atoms with E-state index in [1.54, 1.807) is 0 Å². The number of carboxylic acids is 1. The average molecular weight is 216 g/mol. The number of unbranched alkanes of at least 4 members (excludes halogenated alkanes) is 1. The first-order valence-corrected chi connectivity index (χ1v) is 5.60. The quantitative estimate of drug-likeness (QED) is 0.726. The number of carbonyl (C=O) groups is 1. The van der Waals surface area contributed by atoms with Crippen LogP contribution in [0.25, 0.3) is 0 Å². The maximum Gasteiger partial charge on any atom is 0.309 e. The molecule has 0 aromatic carbocycles. The first-order valence-electron chi connectivity index (χ1n) is 5.60. The minimum absolute atomic E-state index is 0.0104. The van der Waals surface area contributed by atoms with Crippen molar-refractivity contribution in [1.29, 1.82) is 0 Å². The van der Waals surface area contributed by atoms with E-state index in [0.717, 1.165) is 12.8 Å². The Morgan fingerprint density at radius 2 is 2.27 bits per heavy atom. The van der Waals surface area contributed by atoms with Crippen LogP contribution in [0.4, 0.5) is 0 Å². The van der Waals surface area contributed by atoms with Gasteiger partial charge in [-0.3, -0.25) is 4.79 Å². The Labute approximate surface area is 90.2 Å². The molecule has 0 bridgehead atoms. The van der Waals surface area contributed by atoms with Gasteiger partial charge in [-0.15, -0.1) is 0 Å². The highest BCUT2D eigenvalue weighted by Crippen LogP contribution is 2.30. The molecule has 1 heterocycles. The maximum absolute atomic E-state index is 11.0. The molecular weight excluding hydrogens is 196 g/mol. The van der Waals surface area contributed by atoms with E-state index in [2.05, 4.69) is 0 Å². The third-order valence-electron chi connectivity index (χ3n) is 3.04. The van der Waals surface area contributed by atoms with Gasteiger partial charge in [0.05, 0.1) is 24.7 Å². The highest BCUT2D eigenvalue weighted by Gasteiger charge is 2.43. The molecular formula is C11H20O4. The lowest BCUT2D eigenvalue weighted by Crippen LogP contribution is -2.37. The largest absolute Gasteiger partial charge is 0.481 e. The Balaban J connectivity index is 2.56. The summed E-state index contributed by atoms with van der Waals surface area (Å²) in [7, 11) is 0. The molecule has 0 aromatic rings. The molecule has 1 aliphatic heterocycles. The van der Waals surface area contributed by atoms with Crippen LogP contribution < -0.4 is 0 Å². The molecule has 88 valence electrons. The fourth-order valence-corrected chi connectivity index (χ4v) is 2.11. The summed E-state index contributed by atoms with van der Waals surface area (Å²) in [6.07, 6.45) is 1.36. The van der Waals surface area contributed by atoms with E-state index in [-0.39, 0.29) is 5.92 Å². The minimum Gasteiger partial charge on any atom is -0.481 e. The Bertz CT molecular complexity index is 217. The van der Waals surface area contributed by atoms with Crippen LogP contribution in [0.1, 0.15) is 33.1 Å². The molecule has 0 spiro atoms. The van der Waals surface area contributed by atoms with Crippen molar-refractivity contribution in [2.24, 2.45) is 11.8 Å². The van der Waals surface area contributed by atoms with Gasteiger partial charge in [0.2, 0.25) is 0 Å². The topological polar surface area (TPSA) is 66.8 Å². The first-order chi connectivity index (χ1) is 7.07. The Hall–Kier alpha value is -0.610. The fraction of sp³-hybridized carbons (Fsp3) is 0.909. The smallest absolute Gasteiger partial charge is 0.309 e. The molecule has 4 nitrogen and oxygen atoms in total. The number of aliphatic hydroxyl groups is 1. The van der Waals surface area contributed by atoms with Gasteiger partial charge in [0.1, 0.15) is 0 Å². The Morgan fingerprint density at radius 3 is 2.80 bits per heavy atom. The minimum atomic E-state index is -0.861. The molecule has 0 saturated carbocycles. The van der Waals surface area contributed by atoms with E-state index in [1.165, 1.54) is 0 Å². The number of hydrogen-bond acceptors (Lipinski definition) is 3. The van der Waals surface area contributed by atoms with Crippen LogP contribution in [-0.2, 0) is 9.53 Å². The van der Waals surface area contributed by atoms with Gasteiger partial charge in [-0.05, 0) is 12.3 Å². The molecule has 1 unspecified atom stereocenters. The van der Waals surface area contributed by atoms with Gasteiger partial charge >= 0.3 is 5.97 Å². The molecule has 4 atom stereocenters. The average Bonchev–Trinajstić information content (AvgIpc) is 2.56. The van der Waals surface area contributed by atoms with Crippen LogP contribution in [0.3, 0.4) is 0 Å². The van der Waals surface area contributed by atoms with Gasteiger partial charge < -0.3 is 14.9 Å². The lowest BCUT2D eigenvalue weighted by molar-refractivity contribution is -0.147. The predicted molar refractivity (Wildman–Crippen MR) is 55.6 cm³/mol. The molecule has 4 heteroatoms. The van der Waals surface area contributed by atoms with Crippen molar-refractivity contribution in [3.8, 4) is 0 Å². The summed E-state index contributed by atoms with van der Waals surface area (Å²) >= 11 is 0. The maximum atomic E-state index is 11.0. The molecule has 15 heavy (non-hydrogen) atoms. The number of aliphatic carboxylic acids is 1. The van der Waals surface area contributed by atoms with Crippen molar-refractivity contribution >= 4 is 5.97 Å². The van der Waals surface area contributed by atoms with Gasteiger partial charge in [-0.25, -0.2) is 0 Å². The fourth-order valence-electron chi connectivity index (χ4n) is 2.11. The molecule has 1 rings (SSSR count). The third-order valence-corrected chi connectivity index (χ3v) is 3.04. The zero-order chi connectivity index (χ0) is 11.4. The van der Waals surface area contributed by atoms with Gasteiger partial charge in [0, 0.05) is 0 Å². The van der Waals surface area contributed by atoms with Crippen molar-refractivity contribution < 1.29 is 19.7 Å². The summed E-state index contributed by atoms with van der Waals surface area (Å²) in [5.41, 5.74) is 0. The summed E-state index contributed by atoms with van der Waals surface area (Å²) in [6.45, 7) is 4.33. The zero-order valence-electron chi connectivity index (χ0n) is 9.35. The summed E-state index contributed by atoms with van der Waals surface area (Å²) in [5.74, 6) is -1.43. The van der Waals surface area contributed by atoms with Crippen molar-refractivity contribution in [3.63, 3.8) is 0 Å². The van der Waals surface area contributed by atoms with Crippen molar-refractivity contribution in [3.05, 3.63) is 0 Å². The van der Waals surface area contributed by atoms with Crippen LogP contribution in [0.2, 0.25) is 0 Å². The van der Waals surface area contributed by atoms with E-state index < -0.39 is 24.1 Å². The van der Waals surface area contributed by atoms with Crippen LogP contribution in [-0.4, -0.2) is 35.0 Å². The van der Waals surface area contributed by atoms with Crippen LogP contribution in [0.5, 0.6) is 0 Å². The molecule has 0 aromatic heterocycles. The standard InChI is InChI=1S/C11H20O4/c1-3-4-5-8(12)10-9(11(13)14)7(2)6-15-10/h7-10,12H,3-6H2,1-2H3,(H,13,14)/t7-,8?,9+,10+/m0/s1. The molecule has 0 amide bonds. The van der Waals surface area contributed by atoms with Gasteiger partial charge in [0.15, 0.2) is 0 Å². The summed E-state index contributed by atoms with van der Waals surface area (Å²) in [6, 6.07) is 0. The Morgan fingerprint density at radius 1 is 1.60 bits per heavy atom. The summed E-state index contributed by atoms with van der Waals surface area (Å²) in [5, 5.41) is 18.9. The number of hydrogen-bond donors (Lipinski definition) is 2. The third kappa shape index (κ3) is 2.92. The van der Waals surface area contributed by atoms with Crippen molar-refractivity contribution in [1.82, 2.24) is 0 Å². The lowest BCUT2D eigenvalue weighted by Gasteiger charge is -2.22. The number of ether oxygens (including phenoxy) is 1. The first kappa shape index (κ1) is 12.5.